The summed E-state index contributed by atoms with van der Waals surface area (Å²) in [5, 5.41) is 0. The van der Waals surface area contributed by atoms with E-state index in [4.69, 9.17) is 0 Å². The number of likely N-dealkylation sites (N-methyl/N-ethyl adjacent to an activating group) is 1. The Kier molecular flexibility index (Phi) is 2.61. The second-order valence-corrected chi connectivity index (χ2v) is 5.23. The molecule has 0 aliphatic carbocycles. The molecule has 0 amide bonds. The number of fused-ring (bicyclic) bond motifs is 1. The van der Waals surface area contributed by atoms with Crippen molar-refractivity contribution in [3.63, 3.8) is 0 Å². The van der Waals surface area contributed by atoms with Crippen molar-refractivity contribution in [2.75, 3.05) is 33.2 Å². The van der Waals surface area contributed by atoms with Crippen LogP contribution in [0.5, 0.6) is 0 Å². The molecule has 2 aliphatic rings. The maximum atomic E-state index is 2.71. The number of likely N-dealkylation sites (tertiary alicyclic amines) is 2. The molecule has 0 bridgehead atoms. The predicted molar refractivity (Wildman–Crippen MR) is 55.8 cm³/mol. The molecule has 0 aromatic carbocycles. The highest BCUT2D eigenvalue weighted by Gasteiger charge is 2.39. The van der Waals surface area contributed by atoms with Gasteiger partial charge in [0.15, 0.2) is 0 Å². The molecular formula is C11H22N2. The van der Waals surface area contributed by atoms with E-state index >= 15 is 0 Å². The lowest BCUT2D eigenvalue weighted by Crippen LogP contribution is -2.36. The molecule has 2 aliphatic heterocycles. The molecule has 2 fully saturated rings. The molecule has 13 heavy (non-hydrogen) atoms. The van der Waals surface area contributed by atoms with Crippen molar-refractivity contribution in [1.82, 2.24) is 9.80 Å². The first-order chi connectivity index (χ1) is 6.16. The molecule has 76 valence electrons. The SMILES string of the molecule is CC(C)CN1CCC2CN(C)CC21. The second kappa shape index (κ2) is 3.58. The van der Waals surface area contributed by atoms with Crippen LogP contribution >= 0.6 is 0 Å². The van der Waals surface area contributed by atoms with E-state index in [0.717, 1.165) is 17.9 Å². The fourth-order valence-electron chi connectivity index (χ4n) is 2.96. The molecule has 0 aromatic heterocycles. The highest BCUT2D eigenvalue weighted by Crippen LogP contribution is 2.30. The first-order valence-corrected chi connectivity index (χ1v) is 5.59. The van der Waals surface area contributed by atoms with Gasteiger partial charge in [-0.25, -0.2) is 0 Å². The molecule has 2 saturated heterocycles. The van der Waals surface area contributed by atoms with Crippen LogP contribution in [0.2, 0.25) is 0 Å². The van der Waals surface area contributed by atoms with Gasteiger partial charge in [0, 0.05) is 25.7 Å². The van der Waals surface area contributed by atoms with E-state index in [0.29, 0.717) is 0 Å². The van der Waals surface area contributed by atoms with E-state index < -0.39 is 0 Å². The van der Waals surface area contributed by atoms with Crippen LogP contribution in [0.25, 0.3) is 0 Å². The molecule has 2 atom stereocenters. The average Bonchev–Trinajstić information content (AvgIpc) is 2.51. The zero-order valence-electron chi connectivity index (χ0n) is 9.16. The van der Waals surface area contributed by atoms with E-state index in [1.54, 1.807) is 0 Å². The van der Waals surface area contributed by atoms with Crippen molar-refractivity contribution in [2.24, 2.45) is 11.8 Å². The zero-order chi connectivity index (χ0) is 9.42. The van der Waals surface area contributed by atoms with Crippen molar-refractivity contribution in [2.45, 2.75) is 26.3 Å². The summed E-state index contributed by atoms with van der Waals surface area (Å²) in [6.07, 6.45) is 1.43. The molecule has 0 radical (unpaired) electrons. The van der Waals surface area contributed by atoms with Gasteiger partial charge in [-0.1, -0.05) is 13.8 Å². The molecule has 0 spiro atoms. The second-order valence-electron chi connectivity index (χ2n) is 5.23. The van der Waals surface area contributed by atoms with Crippen LogP contribution in [0, 0.1) is 11.8 Å². The Labute approximate surface area is 81.9 Å². The Morgan fingerprint density at radius 3 is 2.77 bits per heavy atom. The third-order valence-electron chi connectivity index (χ3n) is 3.44. The third-order valence-corrected chi connectivity index (χ3v) is 3.44. The quantitative estimate of drug-likeness (QED) is 0.635. The molecule has 2 heteroatoms. The summed E-state index contributed by atoms with van der Waals surface area (Å²) in [5.41, 5.74) is 0. The average molecular weight is 182 g/mol. The van der Waals surface area contributed by atoms with E-state index in [1.165, 1.54) is 32.6 Å². The summed E-state index contributed by atoms with van der Waals surface area (Å²) in [6.45, 7) is 9.94. The minimum absolute atomic E-state index is 0.824. The van der Waals surface area contributed by atoms with Crippen LogP contribution in [-0.4, -0.2) is 49.1 Å². The minimum Gasteiger partial charge on any atom is -0.304 e. The monoisotopic (exact) mass is 182 g/mol. The van der Waals surface area contributed by atoms with Gasteiger partial charge in [0.05, 0.1) is 0 Å². The molecule has 0 aromatic rings. The fourth-order valence-corrected chi connectivity index (χ4v) is 2.96. The predicted octanol–water partition coefficient (Wildman–Crippen LogP) is 1.28. The van der Waals surface area contributed by atoms with Crippen LogP contribution in [0.15, 0.2) is 0 Å². The summed E-state index contributed by atoms with van der Waals surface area (Å²) in [4.78, 5) is 5.20. The first-order valence-electron chi connectivity index (χ1n) is 5.59. The maximum Gasteiger partial charge on any atom is 0.0264 e. The van der Waals surface area contributed by atoms with Gasteiger partial charge >= 0.3 is 0 Å². The Morgan fingerprint density at radius 1 is 1.31 bits per heavy atom. The van der Waals surface area contributed by atoms with Gasteiger partial charge in [-0.2, -0.15) is 0 Å². The Bertz CT molecular complexity index is 179. The Balaban J connectivity index is 1.93. The summed E-state index contributed by atoms with van der Waals surface area (Å²) in [5.74, 6) is 1.80. The Morgan fingerprint density at radius 2 is 2.08 bits per heavy atom. The Hall–Kier alpha value is -0.0800. The van der Waals surface area contributed by atoms with Gasteiger partial charge in [-0.15, -0.1) is 0 Å². The topological polar surface area (TPSA) is 6.48 Å². The van der Waals surface area contributed by atoms with Crippen molar-refractivity contribution in [3.05, 3.63) is 0 Å². The van der Waals surface area contributed by atoms with Crippen molar-refractivity contribution in [1.29, 1.82) is 0 Å². The summed E-state index contributed by atoms with van der Waals surface area (Å²) >= 11 is 0. The highest BCUT2D eigenvalue weighted by molar-refractivity contribution is 4.95. The number of nitrogens with zero attached hydrogens (tertiary/aromatic N) is 2. The third kappa shape index (κ3) is 1.89. The normalized spacial score (nSPS) is 36.0. The standard InChI is InChI=1S/C11H22N2/c1-9(2)6-13-5-4-10-7-12(3)8-11(10)13/h9-11H,4-8H2,1-3H3. The lowest BCUT2D eigenvalue weighted by Gasteiger charge is -2.25. The highest BCUT2D eigenvalue weighted by atomic mass is 15.3. The van der Waals surface area contributed by atoms with Crippen molar-refractivity contribution >= 4 is 0 Å². The van der Waals surface area contributed by atoms with E-state index in [9.17, 15) is 0 Å². The van der Waals surface area contributed by atoms with Crippen LogP contribution in [0.4, 0.5) is 0 Å². The van der Waals surface area contributed by atoms with Crippen LogP contribution in [0.1, 0.15) is 20.3 Å². The molecule has 2 rings (SSSR count). The summed E-state index contributed by atoms with van der Waals surface area (Å²) in [7, 11) is 2.26. The smallest absolute Gasteiger partial charge is 0.0264 e. The molecule has 2 heterocycles. The zero-order valence-corrected chi connectivity index (χ0v) is 9.16. The van der Waals surface area contributed by atoms with Gasteiger partial charge in [-0.3, -0.25) is 4.90 Å². The van der Waals surface area contributed by atoms with Crippen LogP contribution < -0.4 is 0 Å². The number of hydrogen-bond acceptors (Lipinski definition) is 2. The fraction of sp³-hybridized carbons (Fsp3) is 1.00. The maximum absolute atomic E-state index is 2.71. The molecule has 0 saturated carbocycles. The minimum atomic E-state index is 0.824. The van der Waals surface area contributed by atoms with Gasteiger partial charge in [-0.05, 0) is 31.8 Å². The molecule has 2 unspecified atom stereocenters. The summed E-state index contributed by atoms with van der Waals surface area (Å²) < 4.78 is 0. The number of rotatable bonds is 2. The van der Waals surface area contributed by atoms with E-state index in [-0.39, 0.29) is 0 Å². The van der Waals surface area contributed by atoms with Crippen molar-refractivity contribution in [3.8, 4) is 0 Å². The molecule has 0 N–H and O–H groups in total. The lowest BCUT2D eigenvalue weighted by molar-refractivity contribution is 0.212. The summed E-state index contributed by atoms with van der Waals surface area (Å²) in [6, 6.07) is 0.882. The lowest BCUT2D eigenvalue weighted by atomic mass is 10.0. The first kappa shape index (κ1) is 9.47. The van der Waals surface area contributed by atoms with Gasteiger partial charge < -0.3 is 4.90 Å². The van der Waals surface area contributed by atoms with E-state index in [1.807, 2.05) is 0 Å². The number of hydrogen-bond donors (Lipinski definition) is 0. The van der Waals surface area contributed by atoms with Gasteiger partial charge in [0.2, 0.25) is 0 Å². The van der Waals surface area contributed by atoms with Gasteiger partial charge in [0.1, 0.15) is 0 Å². The largest absolute Gasteiger partial charge is 0.304 e. The molecular weight excluding hydrogens is 160 g/mol. The van der Waals surface area contributed by atoms with Crippen molar-refractivity contribution < 1.29 is 0 Å². The molecule has 2 nitrogen and oxygen atoms in total. The van der Waals surface area contributed by atoms with Crippen LogP contribution in [-0.2, 0) is 0 Å². The van der Waals surface area contributed by atoms with Crippen LogP contribution in [0.3, 0.4) is 0 Å². The van der Waals surface area contributed by atoms with E-state index in [2.05, 4.69) is 30.7 Å². The van der Waals surface area contributed by atoms with Gasteiger partial charge in [0.25, 0.3) is 0 Å².